The molecule has 1 aromatic heterocycles. The first kappa shape index (κ1) is 16.7. The molecular formula is C17H19ClN2OS. The summed E-state index contributed by atoms with van der Waals surface area (Å²) in [5, 5.41) is 6.64. The molecule has 1 N–H and O–H groups in total. The van der Waals surface area contributed by atoms with Crippen LogP contribution in [0.25, 0.3) is 6.08 Å². The van der Waals surface area contributed by atoms with Crippen molar-refractivity contribution in [1.29, 1.82) is 0 Å². The van der Waals surface area contributed by atoms with Crippen LogP contribution in [0.1, 0.15) is 36.2 Å². The third-order valence-electron chi connectivity index (χ3n) is 3.24. The monoisotopic (exact) mass is 334 g/mol. The van der Waals surface area contributed by atoms with Crippen LogP contribution in [0.5, 0.6) is 0 Å². The van der Waals surface area contributed by atoms with Crippen molar-refractivity contribution in [2.75, 3.05) is 0 Å². The van der Waals surface area contributed by atoms with E-state index in [1.807, 2.05) is 36.6 Å². The quantitative estimate of drug-likeness (QED) is 0.810. The largest absolute Gasteiger partial charge is 0.345 e. The average molecular weight is 335 g/mol. The van der Waals surface area contributed by atoms with Gasteiger partial charge in [0.05, 0.1) is 16.7 Å². The van der Waals surface area contributed by atoms with Crippen molar-refractivity contribution in [3.63, 3.8) is 0 Å². The Kier molecular flexibility index (Phi) is 5.75. The number of amides is 1. The maximum absolute atomic E-state index is 12.1. The van der Waals surface area contributed by atoms with Gasteiger partial charge in [0.2, 0.25) is 5.91 Å². The Hall–Kier alpha value is -1.65. The van der Waals surface area contributed by atoms with Crippen molar-refractivity contribution in [3.8, 4) is 0 Å². The lowest BCUT2D eigenvalue weighted by molar-refractivity contribution is -0.117. The van der Waals surface area contributed by atoms with E-state index in [4.69, 9.17) is 11.6 Å². The highest BCUT2D eigenvalue weighted by atomic mass is 35.5. The topological polar surface area (TPSA) is 42.0 Å². The van der Waals surface area contributed by atoms with Crippen LogP contribution in [-0.2, 0) is 4.79 Å². The number of carbonyl (C=O) groups excluding carboxylic acids is 1. The third-order valence-corrected chi connectivity index (χ3v) is 4.28. The molecule has 0 unspecified atom stereocenters. The summed E-state index contributed by atoms with van der Waals surface area (Å²) in [5.74, 6) is 0.152. The fourth-order valence-corrected chi connectivity index (χ4v) is 2.83. The van der Waals surface area contributed by atoms with Crippen LogP contribution in [0.15, 0.2) is 35.7 Å². The van der Waals surface area contributed by atoms with Gasteiger partial charge in [-0.2, -0.15) is 0 Å². The molecular weight excluding hydrogens is 316 g/mol. The molecule has 0 saturated carbocycles. The highest BCUT2D eigenvalue weighted by Gasteiger charge is 2.17. The summed E-state index contributed by atoms with van der Waals surface area (Å²) >= 11 is 7.48. The van der Waals surface area contributed by atoms with E-state index in [0.717, 1.165) is 16.3 Å². The van der Waals surface area contributed by atoms with Crippen molar-refractivity contribution in [1.82, 2.24) is 10.3 Å². The molecule has 116 valence electrons. The Morgan fingerprint density at radius 1 is 1.32 bits per heavy atom. The zero-order chi connectivity index (χ0) is 16.1. The van der Waals surface area contributed by atoms with Gasteiger partial charge in [-0.1, -0.05) is 37.6 Å². The lowest BCUT2D eigenvalue weighted by Gasteiger charge is -2.22. The fraction of sp³-hybridized carbons (Fsp3) is 0.294. The zero-order valence-corrected chi connectivity index (χ0v) is 14.4. The van der Waals surface area contributed by atoms with Gasteiger partial charge in [-0.15, -0.1) is 11.3 Å². The van der Waals surface area contributed by atoms with Crippen molar-refractivity contribution < 1.29 is 4.79 Å². The Labute approximate surface area is 140 Å². The molecule has 1 heterocycles. The molecule has 0 fully saturated rings. The Morgan fingerprint density at radius 3 is 2.55 bits per heavy atom. The molecule has 0 saturated heterocycles. The minimum Gasteiger partial charge on any atom is -0.345 e. The number of benzene rings is 1. The van der Waals surface area contributed by atoms with Gasteiger partial charge < -0.3 is 5.32 Å². The standard InChI is InChI=1S/C17H19ClN2OS/c1-11(2)17(13-4-6-14(18)7-5-13)20-16(21)9-8-15-10-22-12(3)19-15/h4-11,17H,1-3H3,(H,20,21)/b9-8+/t17-/m0/s1. The molecule has 1 aromatic carbocycles. The molecule has 5 heteroatoms. The smallest absolute Gasteiger partial charge is 0.244 e. The summed E-state index contributed by atoms with van der Waals surface area (Å²) in [5.41, 5.74) is 1.86. The molecule has 0 aliphatic carbocycles. The molecule has 1 atom stereocenters. The lowest BCUT2D eigenvalue weighted by Crippen LogP contribution is -2.30. The van der Waals surface area contributed by atoms with Gasteiger partial charge in [-0.05, 0) is 36.6 Å². The molecule has 2 rings (SSSR count). The van der Waals surface area contributed by atoms with Crippen LogP contribution >= 0.6 is 22.9 Å². The van der Waals surface area contributed by atoms with Crippen LogP contribution < -0.4 is 5.32 Å². The van der Waals surface area contributed by atoms with Crippen LogP contribution in [-0.4, -0.2) is 10.9 Å². The molecule has 0 spiro atoms. The SMILES string of the molecule is Cc1nc(/C=C/C(=O)N[C@H](c2ccc(Cl)cc2)C(C)C)cs1. The molecule has 0 aliphatic heterocycles. The van der Waals surface area contributed by atoms with Gasteiger partial charge in [0.15, 0.2) is 0 Å². The molecule has 3 nitrogen and oxygen atoms in total. The Balaban J connectivity index is 2.06. The zero-order valence-electron chi connectivity index (χ0n) is 12.8. The van der Waals surface area contributed by atoms with E-state index in [2.05, 4.69) is 24.1 Å². The maximum Gasteiger partial charge on any atom is 0.244 e. The van der Waals surface area contributed by atoms with Gasteiger partial charge in [0.1, 0.15) is 0 Å². The van der Waals surface area contributed by atoms with E-state index in [0.29, 0.717) is 5.02 Å². The van der Waals surface area contributed by atoms with Crippen LogP contribution in [0.3, 0.4) is 0 Å². The van der Waals surface area contributed by atoms with E-state index in [-0.39, 0.29) is 17.9 Å². The first-order chi connectivity index (χ1) is 10.5. The lowest BCUT2D eigenvalue weighted by atomic mass is 9.96. The minimum absolute atomic E-state index is 0.0495. The van der Waals surface area contributed by atoms with Crippen molar-refractivity contribution in [2.24, 2.45) is 5.92 Å². The van der Waals surface area contributed by atoms with Gasteiger partial charge >= 0.3 is 0 Å². The first-order valence-electron chi connectivity index (χ1n) is 7.12. The normalized spacial score (nSPS) is 12.8. The van der Waals surface area contributed by atoms with Crippen LogP contribution in [0, 0.1) is 12.8 Å². The molecule has 1 amide bonds. The van der Waals surface area contributed by atoms with Gasteiger partial charge in [0.25, 0.3) is 0 Å². The average Bonchev–Trinajstić information content (AvgIpc) is 2.89. The predicted octanol–water partition coefficient (Wildman–Crippen LogP) is 4.63. The molecule has 0 radical (unpaired) electrons. The van der Waals surface area contributed by atoms with Gasteiger partial charge in [-0.3, -0.25) is 4.79 Å². The second-order valence-electron chi connectivity index (χ2n) is 5.41. The minimum atomic E-state index is -0.126. The number of nitrogens with one attached hydrogen (secondary N) is 1. The van der Waals surface area contributed by atoms with E-state index >= 15 is 0 Å². The van der Waals surface area contributed by atoms with E-state index in [9.17, 15) is 4.79 Å². The number of halogens is 1. The Morgan fingerprint density at radius 2 is 2.00 bits per heavy atom. The van der Waals surface area contributed by atoms with E-state index < -0.39 is 0 Å². The number of thiazole rings is 1. The second-order valence-corrected chi connectivity index (χ2v) is 6.91. The molecule has 0 aliphatic rings. The maximum atomic E-state index is 12.1. The second kappa shape index (κ2) is 7.56. The third kappa shape index (κ3) is 4.68. The summed E-state index contributed by atoms with van der Waals surface area (Å²) in [6, 6.07) is 7.52. The fourth-order valence-electron chi connectivity index (χ4n) is 2.12. The van der Waals surface area contributed by atoms with Crippen LogP contribution in [0.2, 0.25) is 5.02 Å². The molecule has 22 heavy (non-hydrogen) atoms. The van der Waals surface area contributed by atoms with E-state index in [1.165, 1.54) is 6.08 Å². The number of hydrogen-bond donors (Lipinski definition) is 1. The number of aromatic nitrogens is 1. The van der Waals surface area contributed by atoms with Gasteiger partial charge in [0, 0.05) is 16.5 Å². The summed E-state index contributed by atoms with van der Waals surface area (Å²) in [6.45, 7) is 6.09. The highest BCUT2D eigenvalue weighted by Crippen LogP contribution is 2.23. The van der Waals surface area contributed by atoms with Gasteiger partial charge in [-0.25, -0.2) is 4.98 Å². The Bertz CT molecular complexity index is 662. The molecule has 0 bridgehead atoms. The van der Waals surface area contributed by atoms with Crippen LogP contribution in [0.4, 0.5) is 0 Å². The summed E-state index contributed by atoms with van der Waals surface area (Å²) in [7, 11) is 0. The number of rotatable bonds is 5. The number of carbonyl (C=O) groups is 1. The summed E-state index contributed by atoms with van der Waals surface area (Å²) in [4.78, 5) is 16.4. The van der Waals surface area contributed by atoms with Crippen molar-refractivity contribution in [3.05, 3.63) is 57.0 Å². The predicted molar refractivity (Wildman–Crippen MR) is 93.1 cm³/mol. The number of nitrogens with zero attached hydrogens (tertiary/aromatic N) is 1. The van der Waals surface area contributed by atoms with Crippen molar-refractivity contribution >= 4 is 34.9 Å². The van der Waals surface area contributed by atoms with E-state index in [1.54, 1.807) is 17.4 Å². The molecule has 2 aromatic rings. The number of aryl methyl sites for hydroxylation is 1. The summed E-state index contributed by atoms with van der Waals surface area (Å²) < 4.78 is 0. The number of hydrogen-bond acceptors (Lipinski definition) is 3. The highest BCUT2D eigenvalue weighted by molar-refractivity contribution is 7.09. The first-order valence-corrected chi connectivity index (χ1v) is 8.37. The summed E-state index contributed by atoms with van der Waals surface area (Å²) in [6.07, 6.45) is 3.26. The van der Waals surface area contributed by atoms with Crippen molar-refractivity contribution in [2.45, 2.75) is 26.8 Å².